The first kappa shape index (κ1) is 24.7. The van der Waals surface area contributed by atoms with Crippen LogP contribution in [0.3, 0.4) is 0 Å². The summed E-state index contributed by atoms with van der Waals surface area (Å²) in [4.78, 5) is 24.5. The molecule has 4 atom stereocenters. The smallest absolute Gasteiger partial charge is 0.343 e. The third-order valence-corrected chi connectivity index (χ3v) is 8.94. The Kier molecular flexibility index (Phi) is 6.28. The van der Waals surface area contributed by atoms with E-state index in [1.807, 2.05) is 0 Å². The highest BCUT2D eigenvalue weighted by molar-refractivity contribution is 6.02. The number of hydrogen-bond donors (Lipinski definition) is 3. The van der Waals surface area contributed by atoms with E-state index in [4.69, 9.17) is 4.74 Å². The van der Waals surface area contributed by atoms with Crippen molar-refractivity contribution in [1.82, 2.24) is 0 Å². The van der Waals surface area contributed by atoms with Gasteiger partial charge in [-0.05, 0) is 73.0 Å². The molecule has 3 aliphatic carbocycles. The van der Waals surface area contributed by atoms with Crippen LogP contribution in [0.4, 0.5) is 0 Å². The standard InChI is InChI=1S/C28H36O6/c1-17(2)18-10-12-22-19(16-18)11-13-23-26(22,3)14-7-15-27(23,4)28(32,33)34-25(31)21-9-6-5-8-20(21)24(29)30/h5-6,8-9,11,16-17,22-23,32-33H,7,10,12-15H2,1-4H3,(H,29,30)/t22-,23?,26-,27+/m1/s1. The first-order chi connectivity index (χ1) is 15.9. The van der Waals surface area contributed by atoms with Crippen LogP contribution in [-0.2, 0) is 4.74 Å². The Morgan fingerprint density at radius 2 is 1.79 bits per heavy atom. The number of aromatic carboxylic acids is 1. The molecule has 0 saturated heterocycles. The molecule has 0 radical (unpaired) electrons. The van der Waals surface area contributed by atoms with E-state index in [1.54, 1.807) is 6.92 Å². The van der Waals surface area contributed by atoms with E-state index in [9.17, 15) is 24.9 Å². The lowest BCUT2D eigenvalue weighted by Gasteiger charge is -2.60. The maximum absolute atomic E-state index is 12.9. The number of allylic oxidation sites excluding steroid dienone is 4. The average molecular weight is 469 g/mol. The van der Waals surface area contributed by atoms with Crippen molar-refractivity contribution in [3.05, 3.63) is 58.7 Å². The van der Waals surface area contributed by atoms with Crippen molar-refractivity contribution in [3.63, 3.8) is 0 Å². The molecule has 6 heteroatoms. The van der Waals surface area contributed by atoms with Crippen LogP contribution in [0, 0.1) is 28.6 Å². The predicted octanol–water partition coefficient (Wildman–Crippen LogP) is 5.32. The maximum Gasteiger partial charge on any atom is 0.343 e. The van der Waals surface area contributed by atoms with Crippen molar-refractivity contribution in [1.29, 1.82) is 0 Å². The van der Waals surface area contributed by atoms with Crippen LogP contribution < -0.4 is 0 Å². The number of carbonyl (C=O) groups excluding carboxylic acids is 1. The summed E-state index contributed by atoms with van der Waals surface area (Å²) in [6.45, 7) is 8.49. The Balaban J connectivity index is 1.66. The van der Waals surface area contributed by atoms with Crippen molar-refractivity contribution in [2.24, 2.45) is 28.6 Å². The van der Waals surface area contributed by atoms with Crippen LogP contribution >= 0.6 is 0 Å². The Hall–Kier alpha value is -2.44. The van der Waals surface area contributed by atoms with Gasteiger partial charge >= 0.3 is 17.9 Å². The Morgan fingerprint density at radius 3 is 2.44 bits per heavy atom. The quantitative estimate of drug-likeness (QED) is 0.399. The monoisotopic (exact) mass is 468 g/mol. The third kappa shape index (κ3) is 3.91. The molecule has 1 fully saturated rings. The minimum absolute atomic E-state index is 0.103. The van der Waals surface area contributed by atoms with Gasteiger partial charge in [0, 0.05) is 0 Å². The molecule has 0 heterocycles. The van der Waals surface area contributed by atoms with E-state index in [1.165, 1.54) is 35.4 Å². The van der Waals surface area contributed by atoms with E-state index in [-0.39, 0.29) is 22.5 Å². The molecule has 4 rings (SSSR count). The average Bonchev–Trinajstić information content (AvgIpc) is 2.78. The summed E-state index contributed by atoms with van der Waals surface area (Å²) in [5.74, 6) is -4.32. The van der Waals surface area contributed by atoms with E-state index in [0.29, 0.717) is 24.7 Å². The van der Waals surface area contributed by atoms with Crippen LogP contribution in [0.5, 0.6) is 0 Å². The van der Waals surface area contributed by atoms with Crippen molar-refractivity contribution in [3.8, 4) is 0 Å². The first-order valence-corrected chi connectivity index (χ1v) is 12.3. The largest absolute Gasteiger partial charge is 0.478 e. The van der Waals surface area contributed by atoms with Gasteiger partial charge < -0.3 is 20.1 Å². The Morgan fingerprint density at radius 1 is 1.12 bits per heavy atom. The minimum Gasteiger partial charge on any atom is -0.478 e. The zero-order valence-electron chi connectivity index (χ0n) is 20.5. The molecule has 184 valence electrons. The van der Waals surface area contributed by atoms with Crippen LogP contribution in [-0.4, -0.2) is 33.2 Å². The van der Waals surface area contributed by atoms with Gasteiger partial charge in [-0.2, -0.15) is 0 Å². The van der Waals surface area contributed by atoms with Crippen molar-refractivity contribution < 1.29 is 29.6 Å². The Bertz CT molecular complexity index is 1050. The van der Waals surface area contributed by atoms with Gasteiger partial charge in [0.1, 0.15) is 0 Å². The van der Waals surface area contributed by atoms with Gasteiger partial charge in [-0.3, -0.25) is 0 Å². The number of carboxylic acid groups (broad SMARTS) is 1. The molecule has 34 heavy (non-hydrogen) atoms. The van der Waals surface area contributed by atoms with Crippen LogP contribution in [0.1, 0.15) is 86.9 Å². The molecule has 1 aromatic rings. The molecule has 0 amide bonds. The van der Waals surface area contributed by atoms with E-state index >= 15 is 0 Å². The number of aliphatic hydroxyl groups is 2. The molecule has 1 saturated carbocycles. The normalized spacial score (nSPS) is 31.1. The molecule has 6 nitrogen and oxygen atoms in total. The fraction of sp³-hybridized carbons (Fsp3) is 0.571. The summed E-state index contributed by atoms with van der Waals surface area (Å²) in [5.41, 5.74) is 1.13. The molecule has 1 aromatic carbocycles. The summed E-state index contributed by atoms with van der Waals surface area (Å²) in [7, 11) is 0. The second-order valence-corrected chi connectivity index (χ2v) is 11.1. The minimum atomic E-state index is -2.74. The lowest BCUT2D eigenvalue weighted by Crippen LogP contribution is -2.61. The first-order valence-electron chi connectivity index (χ1n) is 12.3. The fourth-order valence-electron chi connectivity index (χ4n) is 6.88. The molecular weight excluding hydrogens is 432 g/mol. The lowest BCUT2D eigenvalue weighted by molar-refractivity contribution is -0.390. The number of fused-ring (bicyclic) bond motifs is 3. The van der Waals surface area contributed by atoms with Gasteiger partial charge in [0.05, 0.1) is 16.5 Å². The van der Waals surface area contributed by atoms with Gasteiger partial charge in [-0.1, -0.05) is 64.0 Å². The van der Waals surface area contributed by atoms with Crippen LogP contribution in [0.25, 0.3) is 0 Å². The molecule has 0 spiro atoms. The summed E-state index contributed by atoms with van der Waals surface area (Å²) >= 11 is 0. The summed E-state index contributed by atoms with van der Waals surface area (Å²) in [5, 5.41) is 31.9. The van der Waals surface area contributed by atoms with Crippen molar-refractivity contribution >= 4 is 11.9 Å². The highest BCUT2D eigenvalue weighted by atomic mass is 16.8. The summed E-state index contributed by atoms with van der Waals surface area (Å²) in [6.07, 6.45) is 9.60. The number of ether oxygens (including phenoxy) is 1. The number of esters is 1. The summed E-state index contributed by atoms with van der Waals surface area (Å²) in [6, 6.07) is 5.65. The molecule has 0 aromatic heterocycles. The molecule has 3 N–H and O–H groups in total. The van der Waals surface area contributed by atoms with E-state index in [2.05, 4.69) is 32.9 Å². The molecule has 3 aliphatic rings. The molecular formula is C28H36O6. The van der Waals surface area contributed by atoms with Crippen LogP contribution in [0.2, 0.25) is 0 Å². The number of carbonyl (C=O) groups is 2. The predicted molar refractivity (Wildman–Crippen MR) is 128 cm³/mol. The van der Waals surface area contributed by atoms with Gasteiger partial charge in [0.2, 0.25) is 0 Å². The SMILES string of the molecule is CC(C)C1=CC2=CCC3[C@](C)(CCC[C@]3(C)C(O)(O)OC(=O)c3ccccc3C(=O)O)[C@@H]2CC1. The topological polar surface area (TPSA) is 104 Å². The van der Waals surface area contributed by atoms with Crippen LogP contribution in [0.15, 0.2) is 47.6 Å². The third-order valence-electron chi connectivity index (χ3n) is 8.94. The van der Waals surface area contributed by atoms with Gasteiger partial charge in [-0.25, -0.2) is 9.59 Å². The molecule has 0 aliphatic heterocycles. The number of carboxylic acids is 1. The lowest BCUT2D eigenvalue weighted by atomic mass is 9.46. The number of hydrogen-bond acceptors (Lipinski definition) is 5. The fourth-order valence-corrected chi connectivity index (χ4v) is 6.88. The number of benzene rings is 1. The zero-order chi connectivity index (χ0) is 24.9. The zero-order valence-corrected chi connectivity index (χ0v) is 20.5. The van der Waals surface area contributed by atoms with Gasteiger partial charge in [-0.15, -0.1) is 0 Å². The second-order valence-electron chi connectivity index (χ2n) is 11.1. The van der Waals surface area contributed by atoms with Gasteiger partial charge in [0.15, 0.2) is 0 Å². The van der Waals surface area contributed by atoms with Crippen molar-refractivity contribution in [2.75, 3.05) is 0 Å². The van der Waals surface area contributed by atoms with Gasteiger partial charge in [0.25, 0.3) is 0 Å². The number of rotatable bonds is 5. The highest BCUT2D eigenvalue weighted by Gasteiger charge is 2.63. The van der Waals surface area contributed by atoms with E-state index < -0.39 is 23.3 Å². The van der Waals surface area contributed by atoms with Crippen molar-refractivity contribution in [2.45, 2.75) is 72.2 Å². The Labute approximate surface area is 201 Å². The second kappa shape index (κ2) is 8.65. The summed E-state index contributed by atoms with van der Waals surface area (Å²) < 4.78 is 5.31. The highest BCUT2D eigenvalue weighted by Crippen LogP contribution is 2.64. The molecule has 1 unspecified atom stereocenters. The van der Waals surface area contributed by atoms with E-state index in [0.717, 1.165) is 25.7 Å². The molecule has 0 bridgehead atoms. The maximum atomic E-state index is 12.9.